The minimum atomic E-state index is -1.03. The molecule has 94 valence electrons. The number of hydrogen-bond donors (Lipinski definition) is 3. The summed E-state index contributed by atoms with van der Waals surface area (Å²) < 4.78 is 1.61. The summed E-state index contributed by atoms with van der Waals surface area (Å²) in [6.07, 6.45) is 4.06. The van der Waals surface area contributed by atoms with Crippen LogP contribution in [-0.2, 0) is 11.8 Å². The molecule has 0 aromatic carbocycles. The van der Waals surface area contributed by atoms with Crippen molar-refractivity contribution in [3.8, 4) is 0 Å². The normalized spacial score (nSPS) is 12.1. The molecule has 0 aliphatic carbocycles. The number of carboxylic acid groups (broad SMARTS) is 1. The zero-order valence-corrected chi connectivity index (χ0v) is 9.59. The zero-order valence-electron chi connectivity index (χ0n) is 9.59. The van der Waals surface area contributed by atoms with Gasteiger partial charge in [0.05, 0.1) is 0 Å². The zero-order chi connectivity index (χ0) is 12.8. The van der Waals surface area contributed by atoms with Gasteiger partial charge in [-0.3, -0.25) is 9.59 Å². The van der Waals surface area contributed by atoms with E-state index in [0.717, 1.165) is 0 Å². The van der Waals surface area contributed by atoms with Gasteiger partial charge in [-0.25, -0.2) is 4.98 Å². The third kappa shape index (κ3) is 3.87. The fraction of sp³-hybridized carbons (Fsp3) is 0.500. The molecule has 7 nitrogen and oxygen atoms in total. The number of aromatic nitrogens is 2. The number of carbonyl (C=O) groups excluding carboxylic acids is 1. The lowest BCUT2D eigenvalue weighted by atomic mass is 10.2. The summed E-state index contributed by atoms with van der Waals surface area (Å²) in [6, 6.07) is -0.875. The summed E-state index contributed by atoms with van der Waals surface area (Å²) >= 11 is 0. The number of carbonyl (C=O) groups is 2. The third-order valence-corrected chi connectivity index (χ3v) is 2.32. The van der Waals surface area contributed by atoms with Crippen molar-refractivity contribution < 1.29 is 14.7 Å². The van der Waals surface area contributed by atoms with E-state index in [1.54, 1.807) is 17.8 Å². The highest BCUT2D eigenvalue weighted by Gasteiger charge is 2.12. The molecular formula is C10H16N4O3. The van der Waals surface area contributed by atoms with Crippen molar-refractivity contribution in [2.45, 2.75) is 18.9 Å². The van der Waals surface area contributed by atoms with E-state index < -0.39 is 12.0 Å². The van der Waals surface area contributed by atoms with Gasteiger partial charge in [0.25, 0.3) is 5.91 Å². The predicted molar refractivity (Wildman–Crippen MR) is 60.4 cm³/mol. The van der Waals surface area contributed by atoms with Crippen molar-refractivity contribution in [2.75, 3.05) is 6.54 Å². The Balaban J connectivity index is 2.26. The van der Waals surface area contributed by atoms with Crippen LogP contribution in [-0.4, -0.2) is 39.1 Å². The first-order chi connectivity index (χ1) is 8.02. The van der Waals surface area contributed by atoms with E-state index >= 15 is 0 Å². The monoisotopic (exact) mass is 240 g/mol. The number of rotatable bonds is 6. The lowest BCUT2D eigenvalue weighted by molar-refractivity contribution is -0.138. The van der Waals surface area contributed by atoms with Crippen LogP contribution in [0.15, 0.2) is 12.4 Å². The number of aliphatic carboxylic acids is 1. The first-order valence-electron chi connectivity index (χ1n) is 5.26. The van der Waals surface area contributed by atoms with E-state index in [9.17, 15) is 9.59 Å². The molecule has 1 rings (SSSR count). The lowest BCUT2D eigenvalue weighted by Gasteiger charge is -2.07. The quantitative estimate of drug-likeness (QED) is 0.572. The molecule has 17 heavy (non-hydrogen) atoms. The fourth-order valence-electron chi connectivity index (χ4n) is 1.31. The van der Waals surface area contributed by atoms with Gasteiger partial charge in [0.2, 0.25) is 0 Å². The topological polar surface area (TPSA) is 110 Å². The van der Waals surface area contributed by atoms with Gasteiger partial charge in [-0.15, -0.1) is 0 Å². The highest BCUT2D eigenvalue weighted by atomic mass is 16.4. The fourth-order valence-corrected chi connectivity index (χ4v) is 1.31. The number of aryl methyl sites for hydroxylation is 1. The first kappa shape index (κ1) is 13.2. The largest absolute Gasteiger partial charge is 0.480 e. The van der Waals surface area contributed by atoms with Gasteiger partial charge in [-0.2, -0.15) is 0 Å². The smallest absolute Gasteiger partial charge is 0.320 e. The number of hydrogen-bond acceptors (Lipinski definition) is 4. The van der Waals surface area contributed by atoms with E-state index in [0.29, 0.717) is 25.2 Å². The van der Waals surface area contributed by atoms with E-state index in [-0.39, 0.29) is 5.91 Å². The Morgan fingerprint density at radius 2 is 2.35 bits per heavy atom. The van der Waals surface area contributed by atoms with Crippen LogP contribution in [0.5, 0.6) is 0 Å². The highest BCUT2D eigenvalue weighted by molar-refractivity contribution is 5.90. The second kappa shape index (κ2) is 6.00. The van der Waals surface area contributed by atoms with E-state index in [1.165, 1.54) is 6.20 Å². The van der Waals surface area contributed by atoms with Crippen molar-refractivity contribution >= 4 is 11.9 Å². The second-order valence-corrected chi connectivity index (χ2v) is 3.70. The molecule has 7 heteroatoms. The highest BCUT2D eigenvalue weighted by Crippen LogP contribution is 1.96. The Morgan fingerprint density at radius 3 is 2.88 bits per heavy atom. The summed E-state index contributed by atoms with van der Waals surface area (Å²) in [5, 5.41) is 11.2. The van der Waals surface area contributed by atoms with Crippen molar-refractivity contribution in [1.82, 2.24) is 14.9 Å². The molecule has 1 aromatic rings. The van der Waals surface area contributed by atoms with Crippen molar-refractivity contribution in [2.24, 2.45) is 12.8 Å². The van der Waals surface area contributed by atoms with Gasteiger partial charge in [0, 0.05) is 26.0 Å². The van der Waals surface area contributed by atoms with Crippen LogP contribution in [0, 0.1) is 0 Å². The molecule has 0 saturated heterocycles. The number of nitrogens with zero attached hydrogens (tertiary/aromatic N) is 2. The van der Waals surface area contributed by atoms with E-state index in [2.05, 4.69) is 10.3 Å². The van der Waals surface area contributed by atoms with Crippen LogP contribution in [0.3, 0.4) is 0 Å². The van der Waals surface area contributed by atoms with Crippen LogP contribution in [0.2, 0.25) is 0 Å². The molecule has 0 aliphatic heterocycles. The minimum absolute atomic E-state index is 0.276. The van der Waals surface area contributed by atoms with E-state index in [1.807, 2.05) is 0 Å². The molecule has 1 unspecified atom stereocenters. The van der Waals surface area contributed by atoms with Gasteiger partial charge in [-0.1, -0.05) is 0 Å². The van der Waals surface area contributed by atoms with Crippen LogP contribution in [0.1, 0.15) is 23.5 Å². The Kier molecular flexibility index (Phi) is 4.65. The van der Waals surface area contributed by atoms with Gasteiger partial charge in [-0.05, 0) is 12.8 Å². The Labute approximate surface area is 98.6 Å². The SMILES string of the molecule is Cn1ccnc1C(=O)NCCCC(N)C(=O)O. The Bertz CT molecular complexity index is 402. The predicted octanol–water partition coefficient (Wildman–Crippen LogP) is -0.658. The summed E-state index contributed by atoms with van der Waals surface area (Å²) in [4.78, 5) is 25.9. The Morgan fingerprint density at radius 1 is 1.65 bits per heavy atom. The average molecular weight is 240 g/mol. The van der Waals surface area contributed by atoms with Gasteiger partial charge >= 0.3 is 5.97 Å². The van der Waals surface area contributed by atoms with Crippen molar-refractivity contribution in [3.05, 3.63) is 18.2 Å². The summed E-state index contributed by atoms with van der Waals surface area (Å²) in [5.41, 5.74) is 5.32. The molecule has 0 fully saturated rings. The first-order valence-corrected chi connectivity index (χ1v) is 5.26. The molecule has 4 N–H and O–H groups in total. The molecular weight excluding hydrogens is 224 g/mol. The lowest BCUT2D eigenvalue weighted by Crippen LogP contribution is -2.32. The average Bonchev–Trinajstić information content (AvgIpc) is 2.70. The molecule has 0 spiro atoms. The van der Waals surface area contributed by atoms with Crippen LogP contribution < -0.4 is 11.1 Å². The maximum absolute atomic E-state index is 11.6. The van der Waals surface area contributed by atoms with Crippen molar-refractivity contribution in [1.29, 1.82) is 0 Å². The molecule has 0 aliphatic rings. The standard InChI is InChI=1S/C10H16N4O3/c1-14-6-5-12-8(14)9(15)13-4-2-3-7(11)10(16)17/h5-7H,2-4,11H2,1H3,(H,13,15)(H,16,17). The van der Waals surface area contributed by atoms with Gasteiger partial charge < -0.3 is 20.7 Å². The van der Waals surface area contributed by atoms with Gasteiger partial charge in [0.15, 0.2) is 5.82 Å². The second-order valence-electron chi connectivity index (χ2n) is 3.70. The number of carboxylic acids is 1. The maximum Gasteiger partial charge on any atom is 0.320 e. The molecule has 0 bridgehead atoms. The molecule has 1 amide bonds. The summed E-state index contributed by atoms with van der Waals surface area (Å²) in [6.45, 7) is 0.382. The minimum Gasteiger partial charge on any atom is -0.480 e. The molecule has 0 radical (unpaired) electrons. The summed E-state index contributed by atoms with van der Waals surface area (Å²) in [7, 11) is 1.72. The summed E-state index contributed by atoms with van der Waals surface area (Å²) in [5.74, 6) is -0.977. The molecule has 1 heterocycles. The third-order valence-electron chi connectivity index (χ3n) is 2.32. The number of amides is 1. The van der Waals surface area contributed by atoms with Gasteiger partial charge in [0.1, 0.15) is 6.04 Å². The maximum atomic E-state index is 11.6. The number of nitrogens with one attached hydrogen (secondary N) is 1. The van der Waals surface area contributed by atoms with Crippen LogP contribution in [0.25, 0.3) is 0 Å². The number of imidazole rings is 1. The number of nitrogens with two attached hydrogens (primary N) is 1. The van der Waals surface area contributed by atoms with E-state index in [4.69, 9.17) is 10.8 Å². The molecule has 1 aromatic heterocycles. The molecule has 1 atom stereocenters. The molecule has 0 saturated carbocycles. The van der Waals surface area contributed by atoms with Crippen LogP contribution in [0.4, 0.5) is 0 Å². The Hall–Kier alpha value is -1.89. The van der Waals surface area contributed by atoms with Crippen molar-refractivity contribution in [3.63, 3.8) is 0 Å². The van der Waals surface area contributed by atoms with Crippen LogP contribution >= 0.6 is 0 Å².